The predicted molar refractivity (Wildman–Crippen MR) is 77.0 cm³/mol. The highest BCUT2D eigenvalue weighted by Gasteiger charge is 1.95. The maximum absolute atomic E-state index is 5.27. The molecule has 0 aliphatic carbocycles. The molecule has 1 rings (SSSR count). The van der Waals surface area contributed by atoms with Crippen LogP contribution in [0.1, 0.15) is 19.4 Å². The van der Waals surface area contributed by atoms with Crippen molar-refractivity contribution in [1.29, 1.82) is 0 Å². The molecule has 0 aliphatic rings. The maximum atomic E-state index is 5.27. The van der Waals surface area contributed by atoms with Crippen molar-refractivity contribution in [3.63, 3.8) is 0 Å². The molecular formula is C14H22ClNO. The molecule has 0 bridgehead atoms. The van der Waals surface area contributed by atoms with E-state index in [1.165, 1.54) is 0 Å². The first-order valence-electron chi connectivity index (χ1n) is 5.74. The summed E-state index contributed by atoms with van der Waals surface area (Å²) in [5.41, 5.74) is 1.12. The highest BCUT2D eigenvalue weighted by atomic mass is 35.5. The van der Waals surface area contributed by atoms with Crippen LogP contribution in [0.2, 0.25) is 0 Å². The molecule has 3 heteroatoms. The highest BCUT2D eigenvalue weighted by molar-refractivity contribution is 5.85. The Labute approximate surface area is 110 Å². The normalized spacial score (nSPS) is 10.6. The van der Waals surface area contributed by atoms with Crippen LogP contribution in [0.4, 0.5) is 0 Å². The van der Waals surface area contributed by atoms with E-state index in [4.69, 9.17) is 4.74 Å². The first-order chi connectivity index (χ1) is 7.74. The maximum Gasteiger partial charge on any atom is 0.126 e. The van der Waals surface area contributed by atoms with Gasteiger partial charge < -0.3 is 10.1 Å². The van der Waals surface area contributed by atoms with Crippen molar-refractivity contribution in [1.82, 2.24) is 5.32 Å². The Morgan fingerprint density at radius 3 is 2.65 bits per heavy atom. The molecule has 0 spiro atoms. The zero-order chi connectivity index (χ0) is 11.8. The molecule has 0 amide bonds. The van der Waals surface area contributed by atoms with Gasteiger partial charge in [-0.15, -0.1) is 12.4 Å². The van der Waals surface area contributed by atoms with Crippen LogP contribution in [0.25, 0.3) is 6.08 Å². The lowest BCUT2D eigenvalue weighted by Crippen LogP contribution is -2.19. The first-order valence-corrected chi connectivity index (χ1v) is 5.74. The molecule has 0 radical (unpaired) electrons. The third-order valence-electron chi connectivity index (χ3n) is 2.25. The summed E-state index contributed by atoms with van der Waals surface area (Å²) < 4.78 is 5.27. The molecule has 1 aromatic carbocycles. The number of nitrogens with one attached hydrogen (secondary N) is 1. The molecule has 0 heterocycles. The van der Waals surface area contributed by atoms with Crippen molar-refractivity contribution >= 4 is 18.5 Å². The topological polar surface area (TPSA) is 21.3 Å². The number of methoxy groups -OCH3 is 1. The lowest BCUT2D eigenvalue weighted by atomic mass is 10.2. The molecule has 0 unspecified atom stereocenters. The van der Waals surface area contributed by atoms with Crippen LogP contribution < -0.4 is 10.1 Å². The van der Waals surface area contributed by atoms with Crippen LogP contribution in [0.5, 0.6) is 5.75 Å². The van der Waals surface area contributed by atoms with Gasteiger partial charge in [0.15, 0.2) is 0 Å². The Kier molecular flexibility index (Phi) is 8.55. The van der Waals surface area contributed by atoms with Gasteiger partial charge in [0.2, 0.25) is 0 Å². The van der Waals surface area contributed by atoms with E-state index in [2.05, 4.69) is 37.4 Å². The van der Waals surface area contributed by atoms with E-state index in [1.54, 1.807) is 7.11 Å². The quantitative estimate of drug-likeness (QED) is 0.787. The van der Waals surface area contributed by atoms with Gasteiger partial charge >= 0.3 is 0 Å². The van der Waals surface area contributed by atoms with Gasteiger partial charge in [-0.1, -0.05) is 44.2 Å². The fourth-order valence-corrected chi connectivity index (χ4v) is 1.45. The fourth-order valence-electron chi connectivity index (χ4n) is 1.45. The van der Waals surface area contributed by atoms with Gasteiger partial charge in [-0.05, 0) is 18.5 Å². The highest BCUT2D eigenvalue weighted by Crippen LogP contribution is 2.18. The van der Waals surface area contributed by atoms with Gasteiger partial charge in [0.05, 0.1) is 7.11 Å². The van der Waals surface area contributed by atoms with Gasteiger partial charge in [-0.2, -0.15) is 0 Å². The largest absolute Gasteiger partial charge is 0.496 e. The van der Waals surface area contributed by atoms with Crippen LogP contribution in [0, 0.1) is 5.92 Å². The van der Waals surface area contributed by atoms with Crippen molar-refractivity contribution < 1.29 is 4.74 Å². The summed E-state index contributed by atoms with van der Waals surface area (Å²) >= 11 is 0. The van der Waals surface area contributed by atoms with Gasteiger partial charge in [-0.25, -0.2) is 0 Å². The molecule has 2 nitrogen and oxygen atoms in total. The van der Waals surface area contributed by atoms with Crippen molar-refractivity contribution in [2.75, 3.05) is 20.2 Å². The van der Waals surface area contributed by atoms with Crippen LogP contribution in [0.15, 0.2) is 30.3 Å². The molecule has 0 saturated heterocycles. The van der Waals surface area contributed by atoms with Gasteiger partial charge in [0, 0.05) is 12.1 Å². The number of hydrogen-bond donors (Lipinski definition) is 1. The Morgan fingerprint density at radius 2 is 2.00 bits per heavy atom. The van der Waals surface area contributed by atoms with Crippen LogP contribution in [0.3, 0.4) is 0 Å². The minimum atomic E-state index is 0. The summed E-state index contributed by atoms with van der Waals surface area (Å²) in [6.45, 7) is 6.36. The van der Waals surface area contributed by atoms with Crippen molar-refractivity contribution in [3.05, 3.63) is 35.9 Å². The zero-order valence-electron chi connectivity index (χ0n) is 10.8. The minimum Gasteiger partial charge on any atom is -0.496 e. The average molecular weight is 256 g/mol. The third kappa shape index (κ3) is 6.35. The molecule has 17 heavy (non-hydrogen) atoms. The number of rotatable bonds is 6. The number of ether oxygens (including phenoxy) is 1. The van der Waals surface area contributed by atoms with E-state index < -0.39 is 0 Å². The van der Waals surface area contributed by atoms with Gasteiger partial charge in [-0.3, -0.25) is 0 Å². The van der Waals surface area contributed by atoms with E-state index in [1.807, 2.05) is 18.2 Å². The molecule has 96 valence electrons. The lowest BCUT2D eigenvalue weighted by Gasteiger charge is -2.05. The lowest BCUT2D eigenvalue weighted by molar-refractivity contribution is 0.414. The summed E-state index contributed by atoms with van der Waals surface area (Å²) in [7, 11) is 1.70. The second kappa shape index (κ2) is 9.08. The Morgan fingerprint density at radius 1 is 1.29 bits per heavy atom. The monoisotopic (exact) mass is 255 g/mol. The van der Waals surface area contributed by atoms with Crippen molar-refractivity contribution in [2.45, 2.75) is 13.8 Å². The summed E-state index contributed by atoms with van der Waals surface area (Å²) in [5.74, 6) is 1.61. The number of halogens is 1. The number of para-hydroxylation sites is 1. The predicted octanol–water partition coefficient (Wildman–Crippen LogP) is 3.38. The average Bonchev–Trinajstić information content (AvgIpc) is 2.29. The van der Waals surface area contributed by atoms with Crippen molar-refractivity contribution in [2.24, 2.45) is 5.92 Å². The second-order valence-electron chi connectivity index (χ2n) is 4.20. The Balaban J connectivity index is 0.00000256. The fraction of sp³-hybridized carbons (Fsp3) is 0.429. The molecular weight excluding hydrogens is 234 g/mol. The van der Waals surface area contributed by atoms with Crippen LogP contribution in [-0.2, 0) is 0 Å². The summed E-state index contributed by atoms with van der Waals surface area (Å²) in [6.07, 6.45) is 4.21. The number of hydrogen-bond acceptors (Lipinski definition) is 2. The summed E-state index contributed by atoms with van der Waals surface area (Å²) in [5, 5.41) is 3.36. The molecule has 1 aromatic rings. The first kappa shape index (κ1) is 16.0. The van der Waals surface area contributed by atoms with Gasteiger partial charge in [0.25, 0.3) is 0 Å². The summed E-state index contributed by atoms with van der Waals surface area (Å²) in [6, 6.07) is 8.02. The molecule has 0 aromatic heterocycles. The molecule has 0 fully saturated rings. The van der Waals surface area contributed by atoms with E-state index in [0.29, 0.717) is 5.92 Å². The van der Waals surface area contributed by atoms with E-state index in [-0.39, 0.29) is 12.4 Å². The molecule has 0 saturated carbocycles. The smallest absolute Gasteiger partial charge is 0.126 e. The number of benzene rings is 1. The van der Waals surface area contributed by atoms with E-state index >= 15 is 0 Å². The molecule has 0 atom stereocenters. The summed E-state index contributed by atoms with van der Waals surface area (Å²) in [4.78, 5) is 0. The third-order valence-corrected chi connectivity index (χ3v) is 2.25. The zero-order valence-corrected chi connectivity index (χ0v) is 11.6. The van der Waals surface area contributed by atoms with Gasteiger partial charge in [0.1, 0.15) is 5.75 Å². The van der Waals surface area contributed by atoms with Crippen LogP contribution >= 0.6 is 12.4 Å². The van der Waals surface area contributed by atoms with Crippen LogP contribution in [-0.4, -0.2) is 20.2 Å². The van der Waals surface area contributed by atoms with E-state index in [0.717, 1.165) is 24.4 Å². The van der Waals surface area contributed by atoms with Crippen molar-refractivity contribution in [3.8, 4) is 5.75 Å². The minimum absolute atomic E-state index is 0. The van der Waals surface area contributed by atoms with E-state index in [9.17, 15) is 0 Å². The SMILES string of the molecule is COc1ccccc1/C=C/CNCC(C)C.Cl. The Bertz CT molecular complexity index is 337. The standard InChI is InChI=1S/C14H21NO.ClH/c1-12(2)11-15-10-6-8-13-7-4-5-9-14(13)16-3;/h4-9,12,15H,10-11H2,1-3H3;1H/b8-6+;. The Hall–Kier alpha value is -0.990. The molecule has 0 aliphatic heterocycles. The second-order valence-corrected chi connectivity index (χ2v) is 4.20. The molecule has 1 N–H and O–H groups in total.